The number of esters is 1. The van der Waals surface area contributed by atoms with Crippen LogP contribution in [0.5, 0.6) is 0 Å². The highest BCUT2D eigenvalue weighted by atomic mass is 16.6. The topological polar surface area (TPSA) is 63.6 Å². The molecule has 0 aromatic rings. The van der Waals surface area contributed by atoms with Crippen molar-refractivity contribution in [2.75, 3.05) is 0 Å². The summed E-state index contributed by atoms with van der Waals surface area (Å²) in [7, 11) is 0. The van der Waals surface area contributed by atoms with Crippen molar-refractivity contribution < 1.29 is 19.4 Å². The number of ether oxygens (including phenoxy) is 1. The van der Waals surface area contributed by atoms with E-state index in [1.54, 1.807) is 6.92 Å². The lowest BCUT2D eigenvalue weighted by Crippen LogP contribution is -2.37. The summed E-state index contributed by atoms with van der Waals surface area (Å²) in [5.41, 5.74) is 0.938. The van der Waals surface area contributed by atoms with E-state index in [-0.39, 0.29) is 47.4 Å². The number of carbonyl (C=O) groups is 2. The van der Waals surface area contributed by atoms with E-state index in [9.17, 15) is 14.7 Å². The molecule has 1 heterocycles. The number of fused-ring (bicyclic) bond motifs is 3. The van der Waals surface area contributed by atoms with Crippen molar-refractivity contribution >= 4 is 11.8 Å². The Kier molecular flexibility index (Phi) is 2.82. The maximum atomic E-state index is 12.0. The van der Waals surface area contributed by atoms with Crippen LogP contribution in [0.3, 0.4) is 0 Å². The summed E-state index contributed by atoms with van der Waals surface area (Å²) < 4.78 is 5.52. The molecule has 0 radical (unpaired) electrons. The van der Waals surface area contributed by atoms with Gasteiger partial charge in [0.15, 0.2) is 0 Å². The molecular weight excluding hydrogens is 244 g/mol. The summed E-state index contributed by atoms with van der Waals surface area (Å²) in [6.07, 6.45) is 0.0330. The van der Waals surface area contributed by atoms with Crippen molar-refractivity contribution in [3.8, 4) is 0 Å². The van der Waals surface area contributed by atoms with Crippen LogP contribution < -0.4 is 0 Å². The highest BCUT2D eigenvalue weighted by molar-refractivity contribution is 5.84. The molecule has 3 fully saturated rings. The van der Waals surface area contributed by atoms with E-state index in [2.05, 4.69) is 6.58 Å². The molecule has 3 aliphatic rings. The molecular formula is C15H20O4. The molecule has 7 atom stereocenters. The van der Waals surface area contributed by atoms with Gasteiger partial charge in [-0.25, -0.2) is 0 Å². The van der Waals surface area contributed by atoms with Crippen LogP contribution in [-0.2, 0) is 14.3 Å². The normalized spacial score (nSPS) is 49.6. The molecule has 0 bridgehead atoms. The Morgan fingerprint density at radius 1 is 1.16 bits per heavy atom. The van der Waals surface area contributed by atoms with Crippen molar-refractivity contribution in [3.63, 3.8) is 0 Å². The zero-order valence-corrected chi connectivity index (χ0v) is 11.3. The van der Waals surface area contributed by atoms with Gasteiger partial charge in [0.25, 0.3) is 0 Å². The maximum absolute atomic E-state index is 12.0. The number of hydrogen-bond acceptors (Lipinski definition) is 4. The van der Waals surface area contributed by atoms with Gasteiger partial charge in [-0.15, -0.1) is 0 Å². The Morgan fingerprint density at radius 2 is 1.84 bits per heavy atom. The van der Waals surface area contributed by atoms with E-state index < -0.39 is 6.10 Å². The highest BCUT2D eigenvalue weighted by Crippen LogP contribution is 2.51. The molecule has 3 rings (SSSR count). The van der Waals surface area contributed by atoms with Gasteiger partial charge in [0.1, 0.15) is 11.9 Å². The summed E-state index contributed by atoms with van der Waals surface area (Å²) in [4.78, 5) is 23.8. The van der Waals surface area contributed by atoms with Gasteiger partial charge in [-0.2, -0.15) is 0 Å². The molecule has 0 aromatic heterocycles. The molecule has 2 saturated carbocycles. The molecule has 104 valence electrons. The van der Waals surface area contributed by atoms with E-state index in [1.165, 1.54) is 0 Å². The fourth-order valence-corrected chi connectivity index (χ4v) is 4.24. The second-order valence-electron chi connectivity index (χ2n) is 6.34. The van der Waals surface area contributed by atoms with Crippen LogP contribution in [0.1, 0.15) is 26.7 Å². The molecule has 1 aliphatic heterocycles. The fourth-order valence-electron chi connectivity index (χ4n) is 4.24. The van der Waals surface area contributed by atoms with Crippen LogP contribution in [0.4, 0.5) is 0 Å². The predicted octanol–water partition coefficient (Wildman–Crippen LogP) is 1.33. The third-order valence-corrected chi connectivity index (χ3v) is 5.37. The first kappa shape index (κ1) is 12.9. The molecule has 4 heteroatoms. The van der Waals surface area contributed by atoms with Gasteiger partial charge >= 0.3 is 5.97 Å². The molecule has 0 unspecified atom stereocenters. The second-order valence-corrected chi connectivity index (χ2v) is 6.34. The zero-order valence-electron chi connectivity index (χ0n) is 11.3. The minimum Gasteiger partial charge on any atom is -0.461 e. The van der Waals surface area contributed by atoms with Gasteiger partial charge in [-0.1, -0.05) is 26.0 Å². The van der Waals surface area contributed by atoms with E-state index in [4.69, 9.17) is 4.74 Å². The van der Waals surface area contributed by atoms with Gasteiger partial charge in [0, 0.05) is 24.2 Å². The Labute approximate surface area is 112 Å². The number of hydrogen-bond donors (Lipinski definition) is 1. The summed E-state index contributed by atoms with van der Waals surface area (Å²) in [5.74, 6) is -0.574. The summed E-state index contributed by atoms with van der Waals surface area (Å²) in [6.45, 7) is 7.77. The van der Waals surface area contributed by atoms with Crippen molar-refractivity contribution in [1.29, 1.82) is 0 Å². The average Bonchev–Trinajstić information content (AvgIpc) is 2.75. The third kappa shape index (κ3) is 1.69. The van der Waals surface area contributed by atoms with Crippen LogP contribution in [0.15, 0.2) is 12.2 Å². The number of ketones is 1. The van der Waals surface area contributed by atoms with Gasteiger partial charge in [-0.3, -0.25) is 9.59 Å². The Hall–Kier alpha value is -1.16. The van der Waals surface area contributed by atoms with E-state index in [0.29, 0.717) is 12.8 Å². The first-order valence-electron chi connectivity index (χ1n) is 7.00. The molecule has 19 heavy (non-hydrogen) atoms. The minimum absolute atomic E-state index is 0.00366. The monoisotopic (exact) mass is 264 g/mol. The number of Topliss-reactive ketones (excluding diaryl/α,β-unsaturated/α-hetero) is 1. The SMILES string of the molecule is C=C1C[C@H](O)[C@@H]2[C@H](OC(=O)[C@@H]2C)[C@@H]2[C@@H](C)C(=O)C[C@@H]12. The van der Waals surface area contributed by atoms with E-state index in [1.807, 2.05) is 6.92 Å². The first-order valence-corrected chi connectivity index (χ1v) is 7.00. The predicted molar refractivity (Wildman–Crippen MR) is 68.1 cm³/mol. The lowest BCUT2D eigenvalue weighted by molar-refractivity contribution is -0.147. The second kappa shape index (κ2) is 4.17. The van der Waals surface area contributed by atoms with Crippen LogP contribution >= 0.6 is 0 Å². The lowest BCUT2D eigenvalue weighted by Gasteiger charge is -2.29. The van der Waals surface area contributed by atoms with Crippen molar-refractivity contribution in [2.45, 2.75) is 38.9 Å². The van der Waals surface area contributed by atoms with E-state index in [0.717, 1.165) is 5.57 Å². The van der Waals surface area contributed by atoms with Gasteiger partial charge < -0.3 is 9.84 Å². The van der Waals surface area contributed by atoms with Crippen molar-refractivity contribution in [2.24, 2.45) is 29.6 Å². The van der Waals surface area contributed by atoms with Crippen LogP contribution in [0, 0.1) is 29.6 Å². The van der Waals surface area contributed by atoms with Gasteiger partial charge in [0.05, 0.1) is 12.0 Å². The average molecular weight is 264 g/mol. The maximum Gasteiger partial charge on any atom is 0.309 e. The van der Waals surface area contributed by atoms with Gasteiger partial charge in [-0.05, 0) is 12.3 Å². The van der Waals surface area contributed by atoms with Crippen molar-refractivity contribution in [3.05, 3.63) is 12.2 Å². The van der Waals surface area contributed by atoms with Gasteiger partial charge in [0.2, 0.25) is 0 Å². The Bertz CT molecular complexity index is 455. The number of carbonyl (C=O) groups excluding carboxylic acids is 2. The molecule has 2 aliphatic carbocycles. The molecule has 1 saturated heterocycles. The molecule has 0 amide bonds. The fraction of sp³-hybridized carbons (Fsp3) is 0.733. The van der Waals surface area contributed by atoms with Crippen molar-refractivity contribution in [1.82, 2.24) is 0 Å². The summed E-state index contributed by atoms with van der Waals surface area (Å²) in [6, 6.07) is 0. The standard InChI is InChI=1S/C15H20O4/c1-6-4-11(17)13-8(3)15(18)19-14(13)12-7(2)10(16)5-9(6)12/h7-9,11-14,17H,1,4-5H2,2-3H3/t7-,8+,9-,11-,12+,13+,14+/m0/s1. The Balaban J connectivity index is 2.03. The first-order chi connectivity index (χ1) is 8.91. The third-order valence-electron chi connectivity index (χ3n) is 5.37. The van der Waals surface area contributed by atoms with Crippen LogP contribution in [-0.4, -0.2) is 29.1 Å². The Morgan fingerprint density at radius 3 is 2.53 bits per heavy atom. The van der Waals surface area contributed by atoms with Crippen LogP contribution in [0.25, 0.3) is 0 Å². The lowest BCUT2D eigenvalue weighted by atomic mass is 9.77. The summed E-state index contributed by atoms with van der Waals surface area (Å²) in [5, 5.41) is 10.3. The molecule has 1 N–H and O–H groups in total. The number of aliphatic hydroxyl groups excluding tert-OH is 1. The molecule has 0 aromatic carbocycles. The van der Waals surface area contributed by atoms with E-state index >= 15 is 0 Å². The largest absolute Gasteiger partial charge is 0.461 e. The number of rotatable bonds is 0. The molecule has 0 spiro atoms. The smallest absolute Gasteiger partial charge is 0.309 e. The zero-order chi connectivity index (χ0) is 13.9. The summed E-state index contributed by atoms with van der Waals surface area (Å²) >= 11 is 0. The highest BCUT2D eigenvalue weighted by Gasteiger charge is 2.57. The molecule has 4 nitrogen and oxygen atoms in total. The van der Waals surface area contributed by atoms with Crippen LogP contribution in [0.2, 0.25) is 0 Å². The quantitative estimate of drug-likeness (QED) is 0.529. The number of aliphatic hydroxyl groups is 1. The minimum atomic E-state index is -0.591.